The third-order valence-corrected chi connectivity index (χ3v) is 5.93. The van der Waals surface area contributed by atoms with Crippen LogP contribution >= 0.6 is 0 Å². The molecule has 1 amide bonds. The minimum atomic E-state index is -3.64. The second kappa shape index (κ2) is 8.60. The van der Waals surface area contributed by atoms with Crippen LogP contribution in [0, 0.1) is 0 Å². The summed E-state index contributed by atoms with van der Waals surface area (Å²) in [5.41, 5.74) is 1.74. The Labute approximate surface area is 170 Å². The molecule has 0 aliphatic carbocycles. The summed E-state index contributed by atoms with van der Waals surface area (Å²) < 4.78 is 29.9. The van der Waals surface area contributed by atoms with Crippen molar-refractivity contribution >= 4 is 33.0 Å². The van der Waals surface area contributed by atoms with E-state index in [0.717, 1.165) is 29.7 Å². The second-order valence-electron chi connectivity index (χ2n) is 6.93. The fourth-order valence-electron chi connectivity index (χ4n) is 3.10. The van der Waals surface area contributed by atoms with E-state index in [-0.39, 0.29) is 11.3 Å². The zero-order valence-electron chi connectivity index (χ0n) is 16.8. The standard InChI is InChI=1S/C20H25N5O3S/c1-4-5-6-12-29(27,28)23-19(26)15(2)13-17-14-22-24(3)20(17)25-11-9-16-8-7-10-21-18(16)25/h7-11,13-14H,4-6,12H2,1-3H3,(H,23,26)/b15-13+. The van der Waals surface area contributed by atoms with Gasteiger partial charge in [0.1, 0.15) is 11.5 Å². The molecule has 0 spiro atoms. The molecule has 8 nitrogen and oxygen atoms in total. The van der Waals surface area contributed by atoms with Crippen molar-refractivity contribution in [2.24, 2.45) is 7.05 Å². The highest BCUT2D eigenvalue weighted by Crippen LogP contribution is 2.22. The van der Waals surface area contributed by atoms with E-state index in [2.05, 4.69) is 14.8 Å². The lowest BCUT2D eigenvalue weighted by atomic mass is 10.2. The Kier molecular flexibility index (Phi) is 6.17. The first-order valence-electron chi connectivity index (χ1n) is 9.50. The van der Waals surface area contributed by atoms with Crippen molar-refractivity contribution in [3.63, 3.8) is 0 Å². The molecule has 0 unspecified atom stereocenters. The van der Waals surface area contributed by atoms with E-state index in [0.29, 0.717) is 12.0 Å². The quantitative estimate of drug-likeness (QED) is 0.451. The van der Waals surface area contributed by atoms with Crippen LogP contribution in [0.5, 0.6) is 0 Å². The molecule has 154 valence electrons. The van der Waals surface area contributed by atoms with Gasteiger partial charge in [0.05, 0.1) is 11.9 Å². The first-order chi connectivity index (χ1) is 13.8. The molecule has 3 heterocycles. The number of fused-ring (bicyclic) bond motifs is 1. The van der Waals surface area contributed by atoms with Crippen LogP contribution in [0.3, 0.4) is 0 Å². The van der Waals surface area contributed by atoms with Crippen LogP contribution in [0.2, 0.25) is 0 Å². The van der Waals surface area contributed by atoms with Crippen molar-refractivity contribution < 1.29 is 13.2 Å². The molecule has 0 bridgehead atoms. The number of sulfonamides is 1. The van der Waals surface area contributed by atoms with E-state index < -0.39 is 15.9 Å². The van der Waals surface area contributed by atoms with Gasteiger partial charge in [-0.15, -0.1) is 0 Å². The average molecular weight is 416 g/mol. The molecule has 3 aromatic heterocycles. The van der Waals surface area contributed by atoms with Gasteiger partial charge in [-0.2, -0.15) is 5.10 Å². The Morgan fingerprint density at radius 3 is 2.83 bits per heavy atom. The van der Waals surface area contributed by atoms with Crippen LogP contribution in [-0.4, -0.2) is 39.4 Å². The fraction of sp³-hybridized carbons (Fsp3) is 0.350. The molecule has 1 N–H and O–H groups in total. The summed E-state index contributed by atoms with van der Waals surface area (Å²) in [5, 5.41) is 5.27. The van der Waals surface area contributed by atoms with Gasteiger partial charge < -0.3 is 0 Å². The van der Waals surface area contributed by atoms with Crippen molar-refractivity contribution in [3.05, 3.63) is 47.9 Å². The highest BCUT2D eigenvalue weighted by Gasteiger charge is 2.17. The maximum absolute atomic E-state index is 12.4. The molecule has 0 saturated heterocycles. The van der Waals surface area contributed by atoms with E-state index in [1.807, 2.05) is 35.9 Å². The van der Waals surface area contributed by atoms with Gasteiger partial charge in [0, 0.05) is 36.0 Å². The monoisotopic (exact) mass is 415 g/mol. The zero-order valence-corrected chi connectivity index (χ0v) is 17.6. The fourth-order valence-corrected chi connectivity index (χ4v) is 4.23. The number of nitrogens with one attached hydrogen (secondary N) is 1. The Hall–Kier alpha value is -2.94. The van der Waals surface area contributed by atoms with Crippen molar-refractivity contribution in [1.29, 1.82) is 0 Å². The largest absolute Gasteiger partial charge is 0.285 e. The van der Waals surface area contributed by atoms with Gasteiger partial charge in [-0.3, -0.25) is 14.0 Å². The summed E-state index contributed by atoms with van der Waals surface area (Å²) in [6, 6.07) is 5.78. The summed E-state index contributed by atoms with van der Waals surface area (Å²) in [5.74, 6) is 0.0439. The molecular formula is C20H25N5O3S. The summed E-state index contributed by atoms with van der Waals surface area (Å²) in [4.78, 5) is 16.8. The number of aromatic nitrogens is 4. The van der Waals surface area contributed by atoms with Crippen molar-refractivity contribution in [2.75, 3.05) is 5.75 Å². The van der Waals surface area contributed by atoms with Gasteiger partial charge >= 0.3 is 0 Å². The van der Waals surface area contributed by atoms with Crippen LogP contribution < -0.4 is 4.72 Å². The summed E-state index contributed by atoms with van der Waals surface area (Å²) in [6.07, 6.45) is 9.12. The number of unbranched alkanes of at least 4 members (excludes halogenated alkanes) is 2. The normalized spacial score (nSPS) is 12.4. The molecule has 9 heteroatoms. The molecule has 0 saturated carbocycles. The van der Waals surface area contributed by atoms with Gasteiger partial charge in [-0.1, -0.05) is 19.8 Å². The molecule has 29 heavy (non-hydrogen) atoms. The Morgan fingerprint density at radius 1 is 1.28 bits per heavy atom. The van der Waals surface area contributed by atoms with E-state index in [1.54, 1.807) is 37.1 Å². The highest BCUT2D eigenvalue weighted by molar-refractivity contribution is 7.90. The number of rotatable bonds is 8. The molecule has 0 fully saturated rings. The van der Waals surface area contributed by atoms with Gasteiger partial charge in [0.25, 0.3) is 5.91 Å². The van der Waals surface area contributed by atoms with E-state index >= 15 is 0 Å². The first-order valence-corrected chi connectivity index (χ1v) is 11.1. The van der Waals surface area contributed by atoms with Crippen LogP contribution in [0.1, 0.15) is 38.7 Å². The lowest BCUT2D eigenvalue weighted by Gasteiger charge is -2.09. The number of nitrogens with zero attached hydrogens (tertiary/aromatic N) is 4. The number of hydrogen-bond donors (Lipinski definition) is 1. The van der Waals surface area contributed by atoms with Gasteiger partial charge in [-0.25, -0.2) is 18.1 Å². The molecule has 0 aromatic carbocycles. The van der Waals surface area contributed by atoms with Crippen molar-refractivity contribution in [2.45, 2.75) is 33.1 Å². The molecule has 0 aliphatic heterocycles. The summed E-state index contributed by atoms with van der Waals surface area (Å²) in [7, 11) is -1.84. The minimum Gasteiger partial charge on any atom is -0.285 e. The predicted octanol–water partition coefficient (Wildman–Crippen LogP) is 2.80. The van der Waals surface area contributed by atoms with Crippen LogP contribution in [0.25, 0.3) is 22.9 Å². The van der Waals surface area contributed by atoms with Crippen LogP contribution in [0.4, 0.5) is 0 Å². The van der Waals surface area contributed by atoms with E-state index in [9.17, 15) is 13.2 Å². The third-order valence-electron chi connectivity index (χ3n) is 4.61. The molecule has 0 aliphatic rings. The van der Waals surface area contributed by atoms with Gasteiger partial charge in [-0.05, 0) is 37.6 Å². The predicted molar refractivity (Wildman–Crippen MR) is 113 cm³/mol. The highest BCUT2D eigenvalue weighted by atomic mass is 32.2. The van der Waals surface area contributed by atoms with E-state index in [4.69, 9.17) is 0 Å². The number of carbonyl (C=O) groups is 1. The molecule has 3 rings (SSSR count). The lowest BCUT2D eigenvalue weighted by Crippen LogP contribution is -2.33. The summed E-state index contributed by atoms with van der Waals surface area (Å²) >= 11 is 0. The van der Waals surface area contributed by atoms with Crippen LogP contribution in [-0.2, 0) is 21.9 Å². The molecular weight excluding hydrogens is 390 g/mol. The average Bonchev–Trinajstić information content (AvgIpc) is 3.24. The lowest BCUT2D eigenvalue weighted by molar-refractivity contribution is -0.115. The topological polar surface area (TPSA) is 98.9 Å². The number of hydrogen-bond acceptors (Lipinski definition) is 5. The Morgan fingerprint density at radius 2 is 2.07 bits per heavy atom. The molecule has 0 atom stereocenters. The number of carbonyl (C=O) groups excluding carboxylic acids is 1. The minimum absolute atomic E-state index is 0.0565. The third kappa shape index (κ3) is 4.73. The maximum atomic E-state index is 12.4. The maximum Gasteiger partial charge on any atom is 0.260 e. The molecule has 0 radical (unpaired) electrons. The Balaban J connectivity index is 1.87. The van der Waals surface area contributed by atoms with E-state index in [1.165, 1.54) is 0 Å². The second-order valence-corrected chi connectivity index (χ2v) is 8.78. The van der Waals surface area contributed by atoms with Crippen molar-refractivity contribution in [1.82, 2.24) is 24.1 Å². The molecule has 3 aromatic rings. The number of pyridine rings is 1. The summed E-state index contributed by atoms with van der Waals surface area (Å²) in [6.45, 7) is 3.58. The SMILES string of the molecule is CCCCCS(=O)(=O)NC(=O)/C(C)=C/c1cnn(C)c1-n1ccc2cccnc21. The smallest absolute Gasteiger partial charge is 0.260 e. The van der Waals surface area contributed by atoms with Crippen molar-refractivity contribution in [3.8, 4) is 5.82 Å². The number of aryl methyl sites for hydroxylation is 1. The zero-order chi connectivity index (χ0) is 21.0. The first kappa shape index (κ1) is 20.8. The number of amides is 1. The van der Waals surface area contributed by atoms with Gasteiger partial charge in [0.15, 0.2) is 0 Å². The van der Waals surface area contributed by atoms with Gasteiger partial charge in [0.2, 0.25) is 10.0 Å². The van der Waals surface area contributed by atoms with Crippen LogP contribution in [0.15, 0.2) is 42.4 Å². The Bertz CT molecular complexity index is 1160.